The van der Waals surface area contributed by atoms with Crippen LogP contribution in [0, 0.1) is 0 Å². The molecular weight excluding hydrogens is 416 g/mol. The zero-order valence-corrected chi connectivity index (χ0v) is 18.6. The Labute approximate surface area is 186 Å². The van der Waals surface area contributed by atoms with Gasteiger partial charge in [-0.25, -0.2) is 0 Å². The van der Waals surface area contributed by atoms with Crippen molar-refractivity contribution in [2.75, 3.05) is 19.1 Å². The van der Waals surface area contributed by atoms with Crippen LogP contribution in [-0.2, 0) is 9.59 Å². The molecule has 1 atom stereocenters. The molecule has 8 heteroatoms. The van der Waals surface area contributed by atoms with E-state index >= 15 is 0 Å². The lowest BCUT2D eigenvalue weighted by atomic mass is 10.1. The second kappa shape index (κ2) is 9.61. The fourth-order valence-electron chi connectivity index (χ4n) is 2.96. The van der Waals surface area contributed by atoms with Crippen molar-refractivity contribution >= 4 is 40.9 Å². The van der Waals surface area contributed by atoms with Gasteiger partial charge in [0.15, 0.2) is 16.6 Å². The summed E-state index contributed by atoms with van der Waals surface area (Å²) in [6.45, 7) is 4.00. The number of anilines is 1. The SMILES string of the molecule is CC[C@@H](C)Oc1ccc(/C=C2/C(=O)NC(=S)N(c3ccc(OC)cc3)C2=O)cc1OC. The predicted octanol–water partition coefficient (Wildman–Crippen LogP) is 3.71. The van der Waals surface area contributed by atoms with Crippen LogP contribution in [0.3, 0.4) is 0 Å². The van der Waals surface area contributed by atoms with Gasteiger partial charge >= 0.3 is 0 Å². The summed E-state index contributed by atoms with van der Waals surface area (Å²) >= 11 is 5.23. The van der Waals surface area contributed by atoms with E-state index in [1.54, 1.807) is 49.6 Å². The molecule has 0 unspecified atom stereocenters. The van der Waals surface area contributed by atoms with Crippen LogP contribution in [-0.4, -0.2) is 37.3 Å². The highest BCUT2D eigenvalue weighted by Crippen LogP contribution is 2.31. The Kier molecular flexibility index (Phi) is 6.91. The van der Waals surface area contributed by atoms with Gasteiger partial charge in [-0.05, 0) is 73.6 Å². The van der Waals surface area contributed by atoms with Gasteiger partial charge in [-0.15, -0.1) is 0 Å². The molecule has 0 saturated carbocycles. The molecule has 0 aromatic heterocycles. The van der Waals surface area contributed by atoms with Crippen LogP contribution in [0.1, 0.15) is 25.8 Å². The summed E-state index contributed by atoms with van der Waals surface area (Å²) in [7, 11) is 3.10. The molecular formula is C23H24N2O5S. The van der Waals surface area contributed by atoms with E-state index in [1.807, 2.05) is 13.8 Å². The number of hydrogen-bond donors (Lipinski definition) is 1. The highest BCUT2D eigenvalue weighted by molar-refractivity contribution is 7.80. The molecule has 1 aliphatic heterocycles. The van der Waals surface area contributed by atoms with E-state index < -0.39 is 11.8 Å². The van der Waals surface area contributed by atoms with Crippen molar-refractivity contribution < 1.29 is 23.8 Å². The third kappa shape index (κ3) is 4.86. The Balaban J connectivity index is 1.93. The van der Waals surface area contributed by atoms with E-state index in [-0.39, 0.29) is 16.8 Å². The summed E-state index contributed by atoms with van der Waals surface area (Å²) in [6.07, 6.45) is 2.39. The Bertz CT molecular complexity index is 1030. The van der Waals surface area contributed by atoms with Gasteiger partial charge < -0.3 is 14.2 Å². The maximum atomic E-state index is 13.1. The van der Waals surface area contributed by atoms with E-state index in [0.29, 0.717) is 28.5 Å². The van der Waals surface area contributed by atoms with Gasteiger partial charge in [-0.3, -0.25) is 19.8 Å². The summed E-state index contributed by atoms with van der Waals surface area (Å²) in [5.74, 6) is 0.683. The molecule has 1 fully saturated rings. The molecule has 0 bridgehead atoms. The average Bonchev–Trinajstić information content (AvgIpc) is 2.77. The second-order valence-corrected chi connectivity index (χ2v) is 7.29. The first kappa shape index (κ1) is 22.3. The highest BCUT2D eigenvalue weighted by atomic mass is 32.1. The molecule has 1 N–H and O–H groups in total. The molecule has 31 heavy (non-hydrogen) atoms. The first-order valence-electron chi connectivity index (χ1n) is 9.78. The van der Waals surface area contributed by atoms with Crippen LogP contribution < -0.4 is 24.4 Å². The zero-order chi connectivity index (χ0) is 22.5. The van der Waals surface area contributed by atoms with Crippen LogP contribution in [0.5, 0.6) is 17.2 Å². The molecule has 0 spiro atoms. The smallest absolute Gasteiger partial charge is 0.270 e. The van der Waals surface area contributed by atoms with E-state index in [2.05, 4.69) is 5.32 Å². The van der Waals surface area contributed by atoms with E-state index in [9.17, 15) is 9.59 Å². The van der Waals surface area contributed by atoms with Crippen LogP contribution in [0.4, 0.5) is 5.69 Å². The minimum Gasteiger partial charge on any atom is -0.497 e. The standard InChI is InChI=1S/C23H24N2O5S/c1-5-14(2)30-19-11-6-15(13-20(19)29-4)12-18-21(26)24-23(31)25(22(18)27)16-7-9-17(28-3)10-8-16/h6-14H,5H2,1-4H3,(H,24,26,31)/b18-12-/t14-/m1/s1. The maximum Gasteiger partial charge on any atom is 0.270 e. The Hall–Kier alpha value is -3.39. The first-order chi connectivity index (χ1) is 14.9. The number of nitrogens with one attached hydrogen (secondary N) is 1. The van der Waals surface area contributed by atoms with E-state index in [1.165, 1.54) is 18.1 Å². The number of nitrogens with zero attached hydrogens (tertiary/aromatic N) is 1. The van der Waals surface area contributed by atoms with Gasteiger partial charge in [0.25, 0.3) is 11.8 Å². The molecule has 1 aliphatic rings. The predicted molar refractivity (Wildman–Crippen MR) is 123 cm³/mol. The number of ether oxygens (including phenoxy) is 3. The molecule has 1 heterocycles. The van der Waals surface area contributed by atoms with Gasteiger partial charge in [-0.2, -0.15) is 0 Å². The summed E-state index contributed by atoms with van der Waals surface area (Å²) in [6, 6.07) is 12.1. The molecule has 3 rings (SSSR count). The highest BCUT2D eigenvalue weighted by Gasteiger charge is 2.34. The molecule has 0 radical (unpaired) electrons. The summed E-state index contributed by atoms with van der Waals surface area (Å²) < 4.78 is 16.4. The molecule has 1 saturated heterocycles. The first-order valence-corrected chi connectivity index (χ1v) is 10.2. The van der Waals surface area contributed by atoms with Crippen molar-refractivity contribution in [2.45, 2.75) is 26.4 Å². The van der Waals surface area contributed by atoms with Crippen LogP contribution in [0.25, 0.3) is 6.08 Å². The lowest BCUT2D eigenvalue weighted by molar-refractivity contribution is -0.122. The van der Waals surface area contributed by atoms with E-state index in [0.717, 1.165) is 6.42 Å². The van der Waals surface area contributed by atoms with Crippen molar-refractivity contribution in [3.05, 3.63) is 53.6 Å². The molecule has 0 aliphatic carbocycles. The minimum absolute atomic E-state index is 0.0206. The number of methoxy groups -OCH3 is 2. The normalized spacial score (nSPS) is 16.2. The number of amides is 2. The second-order valence-electron chi connectivity index (χ2n) is 6.90. The lowest BCUT2D eigenvalue weighted by Crippen LogP contribution is -2.54. The van der Waals surface area contributed by atoms with Crippen molar-refractivity contribution in [1.29, 1.82) is 0 Å². The van der Waals surface area contributed by atoms with Crippen LogP contribution >= 0.6 is 12.2 Å². The zero-order valence-electron chi connectivity index (χ0n) is 17.8. The average molecular weight is 441 g/mol. The molecule has 2 aromatic rings. The van der Waals surface area contributed by atoms with Gasteiger partial charge in [0, 0.05) is 0 Å². The summed E-state index contributed by atoms with van der Waals surface area (Å²) in [4.78, 5) is 26.9. The quantitative estimate of drug-likeness (QED) is 0.402. The summed E-state index contributed by atoms with van der Waals surface area (Å²) in [5.41, 5.74) is 1.10. The lowest BCUT2D eigenvalue weighted by Gasteiger charge is -2.29. The minimum atomic E-state index is -0.557. The van der Waals surface area contributed by atoms with Crippen LogP contribution in [0.15, 0.2) is 48.0 Å². The van der Waals surface area contributed by atoms with Crippen molar-refractivity contribution in [3.63, 3.8) is 0 Å². The molecule has 7 nitrogen and oxygen atoms in total. The topological polar surface area (TPSA) is 77.1 Å². The monoisotopic (exact) mass is 440 g/mol. The third-order valence-electron chi connectivity index (χ3n) is 4.83. The van der Waals surface area contributed by atoms with Gasteiger partial charge in [0.05, 0.1) is 26.0 Å². The Morgan fingerprint density at radius 1 is 1.06 bits per heavy atom. The number of hydrogen-bond acceptors (Lipinski definition) is 6. The third-order valence-corrected chi connectivity index (χ3v) is 5.12. The number of thiocarbonyl (C=S) groups is 1. The fraction of sp³-hybridized carbons (Fsp3) is 0.261. The fourth-order valence-corrected chi connectivity index (χ4v) is 3.24. The van der Waals surface area contributed by atoms with Gasteiger partial charge in [0.2, 0.25) is 0 Å². The Morgan fingerprint density at radius 2 is 1.77 bits per heavy atom. The number of carbonyl (C=O) groups excluding carboxylic acids is 2. The van der Waals surface area contributed by atoms with Crippen molar-refractivity contribution in [3.8, 4) is 17.2 Å². The molecule has 2 amide bonds. The van der Waals surface area contributed by atoms with Crippen LogP contribution in [0.2, 0.25) is 0 Å². The van der Waals surface area contributed by atoms with Crippen molar-refractivity contribution in [2.24, 2.45) is 0 Å². The maximum absolute atomic E-state index is 13.1. The largest absolute Gasteiger partial charge is 0.497 e. The van der Waals surface area contributed by atoms with Crippen molar-refractivity contribution in [1.82, 2.24) is 5.32 Å². The van der Waals surface area contributed by atoms with Gasteiger partial charge in [-0.1, -0.05) is 13.0 Å². The number of carbonyl (C=O) groups is 2. The van der Waals surface area contributed by atoms with Gasteiger partial charge in [0.1, 0.15) is 11.3 Å². The molecule has 162 valence electrons. The number of benzene rings is 2. The van der Waals surface area contributed by atoms with E-state index in [4.69, 9.17) is 26.4 Å². The number of rotatable bonds is 7. The Morgan fingerprint density at radius 3 is 2.39 bits per heavy atom. The summed E-state index contributed by atoms with van der Waals surface area (Å²) in [5, 5.41) is 2.59. The molecule has 2 aromatic carbocycles.